The van der Waals surface area contributed by atoms with E-state index in [9.17, 15) is 18.0 Å². The topological polar surface area (TPSA) is 47.2 Å². The molecule has 0 spiro atoms. The number of hydrogen-bond acceptors (Lipinski definition) is 3. The summed E-state index contributed by atoms with van der Waals surface area (Å²) in [5, 5.41) is 3.87. The van der Waals surface area contributed by atoms with Crippen molar-refractivity contribution in [1.82, 2.24) is 9.78 Å². The number of hydrogen-bond donors (Lipinski definition) is 0. The Morgan fingerprint density at radius 1 is 1.04 bits per heavy atom. The first-order chi connectivity index (χ1) is 12.4. The number of alkyl halides is 3. The SMILES string of the molecule is O=C(N=c1ccn(-c2ccccc2)nc1)Sc1cccc(C(F)(F)F)c1. The first-order valence-electron chi connectivity index (χ1n) is 7.46. The van der Waals surface area contributed by atoms with Crippen molar-refractivity contribution in [3.05, 3.63) is 84.0 Å². The molecule has 0 aliphatic heterocycles. The Morgan fingerprint density at radius 2 is 1.81 bits per heavy atom. The van der Waals surface area contributed by atoms with Crippen LogP contribution in [-0.4, -0.2) is 15.0 Å². The van der Waals surface area contributed by atoms with Crippen LogP contribution in [0.5, 0.6) is 0 Å². The summed E-state index contributed by atoms with van der Waals surface area (Å²) < 4.78 is 39.7. The number of halogens is 3. The first-order valence-corrected chi connectivity index (χ1v) is 8.28. The van der Waals surface area contributed by atoms with Gasteiger partial charge >= 0.3 is 11.4 Å². The van der Waals surface area contributed by atoms with Crippen LogP contribution in [0.3, 0.4) is 0 Å². The maximum Gasteiger partial charge on any atom is 0.416 e. The van der Waals surface area contributed by atoms with Crippen molar-refractivity contribution in [2.24, 2.45) is 4.99 Å². The Labute approximate surface area is 151 Å². The Hall–Kier alpha value is -2.87. The number of rotatable bonds is 2. The minimum Gasteiger partial charge on any atom is -0.259 e. The first kappa shape index (κ1) is 17.9. The molecule has 0 aliphatic rings. The summed E-state index contributed by atoms with van der Waals surface area (Å²) in [5.74, 6) is 0. The molecule has 3 rings (SSSR count). The third-order valence-corrected chi connectivity index (χ3v) is 4.06. The quantitative estimate of drug-likeness (QED) is 0.610. The highest BCUT2D eigenvalue weighted by Gasteiger charge is 2.30. The molecule has 0 atom stereocenters. The van der Waals surface area contributed by atoms with Crippen LogP contribution in [0.25, 0.3) is 5.69 Å². The van der Waals surface area contributed by atoms with Crippen LogP contribution >= 0.6 is 11.8 Å². The second kappa shape index (κ2) is 7.57. The maximum absolute atomic E-state index is 12.7. The van der Waals surface area contributed by atoms with Crippen molar-refractivity contribution < 1.29 is 18.0 Å². The number of benzene rings is 2. The number of nitrogens with zero attached hydrogens (tertiary/aromatic N) is 3. The average molecular weight is 375 g/mol. The van der Waals surface area contributed by atoms with Gasteiger partial charge in [0.25, 0.3) is 0 Å². The van der Waals surface area contributed by atoms with Crippen molar-refractivity contribution in [3.8, 4) is 5.69 Å². The van der Waals surface area contributed by atoms with Gasteiger partial charge in [-0.3, -0.25) is 4.79 Å². The number of carbonyl (C=O) groups excluding carboxylic acids is 1. The summed E-state index contributed by atoms with van der Waals surface area (Å²) in [6.07, 6.45) is -1.39. The predicted octanol–water partition coefficient (Wildman–Crippen LogP) is 4.70. The molecular weight excluding hydrogens is 363 g/mol. The lowest BCUT2D eigenvalue weighted by Crippen LogP contribution is -2.09. The highest BCUT2D eigenvalue weighted by Crippen LogP contribution is 2.32. The number of carbonyl (C=O) groups is 1. The van der Waals surface area contributed by atoms with E-state index in [4.69, 9.17) is 0 Å². The van der Waals surface area contributed by atoms with Crippen LogP contribution < -0.4 is 5.36 Å². The molecule has 1 aromatic heterocycles. The summed E-state index contributed by atoms with van der Waals surface area (Å²) >= 11 is 0.629. The highest BCUT2D eigenvalue weighted by atomic mass is 32.2. The molecule has 0 saturated heterocycles. The van der Waals surface area contributed by atoms with Gasteiger partial charge in [0.1, 0.15) is 0 Å². The second-order valence-corrected chi connectivity index (χ2v) is 6.20. The van der Waals surface area contributed by atoms with Crippen molar-refractivity contribution in [3.63, 3.8) is 0 Å². The molecule has 0 aliphatic carbocycles. The van der Waals surface area contributed by atoms with Gasteiger partial charge in [0.15, 0.2) is 0 Å². The third-order valence-electron chi connectivity index (χ3n) is 3.31. The van der Waals surface area contributed by atoms with Gasteiger partial charge in [0.05, 0.1) is 22.8 Å². The van der Waals surface area contributed by atoms with Crippen LogP contribution in [0.15, 0.2) is 82.9 Å². The third kappa shape index (κ3) is 4.60. The fourth-order valence-corrected chi connectivity index (χ4v) is 2.80. The molecule has 3 aromatic rings. The van der Waals surface area contributed by atoms with E-state index in [1.165, 1.54) is 18.3 Å². The van der Waals surface area contributed by atoms with Gasteiger partial charge < -0.3 is 0 Å². The molecule has 0 saturated carbocycles. The standard InChI is InChI=1S/C18H12F3N3OS/c19-18(20,21)13-5-4-8-16(11-13)26-17(25)23-14-9-10-24(22-12-14)15-6-2-1-3-7-15/h1-12H. The van der Waals surface area contributed by atoms with Gasteiger partial charge in [-0.1, -0.05) is 24.3 Å². The van der Waals surface area contributed by atoms with Crippen LogP contribution in [0.2, 0.25) is 0 Å². The van der Waals surface area contributed by atoms with Gasteiger partial charge in [-0.05, 0) is 48.2 Å². The fraction of sp³-hybridized carbons (Fsp3) is 0.0556. The summed E-state index contributed by atoms with van der Waals surface area (Å²) in [6, 6.07) is 15.5. The molecular formula is C18H12F3N3OS. The second-order valence-electron chi connectivity index (χ2n) is 5.17. The zero-order valence-corrected chi connectivity index (χ0v) is 14.0. The summed E-state index contributed by atoms with van der Waals surface area (Å²) in [6.45, 7) is 0. The molecule has 132 valence electrons. The van der Waals surface area contributed by atoms with Crippen molar-refractivity contribution in [1.29, 1.82) is 0 Å². The minimum absolute atomic E-state index is 0.178. The van der Waals surface area contributed by atoms with E-state index in [1.807, 2.05) is 30.3 Å². The highest BCUT2D eigenvalue weighted by molar-refractivity contribution is 8.13. The largest absolute Gasteiger partial charge is 0.416 e. The molecule has 0 unspecified atom stereocenters. The molecule has 0 fully saturated rings. The molecule has 2 aromatic carbocycles. The van der Waals surface area contributed by atoms with Crippen LogP contribution in [-0.2, 0) is 6.18 Å². The lowest BCUT2D eigenvalue weighted by Gasteiger charge is -2.07. The summed E-state index contributed by atoms with van der Waals surface area (Å²) in [7, 11) is 0. The Balaban J connectivity index is 1.75. The monoisotopic (exact) mass is 375 g/mol. The predicted molar refractivity (Wildman–Crippen MR) is 91.8 cm³/mol. The smallest absolute Gasteiger partial charge is 0.259 e. The molecule has 8 heteroatoms. The Kier molecular flexibility index (Phi) is 5.22. The van der Waals surface area contributed by atoms with E-state index in [0.29, 0.717) is 17.1 Å². The normalized spacial score (nSPS) is 12.2. The van der Waals surface area contributed by atoms with Crippen LogP contribution in [0.4, 0.5) is 18.0 Å². The van der Waals surface area contributed by atoms with Gasteiger partial charge in [-0.2, -0.15) is 18.3 Å². The van der Waals surface area contributed by atoms with Gasteiger partial charge in [-0.15, -0.1) is 0 Å². The van der Waals surface area contributed by atoms with E-state index in [2.05, 4.69) is 10.1 Å². The lowest BCUT2D eigenvalue weighted by atomic mass is 10.2. The summed E-state index contributed by atoms with van der Waals surface area (Å²) in [4.78, 5) is 16.0. The zero-order chi connectivity index (χ0) is 18.6. The molecule has 26 heavy (non-hydrogen) atoms. The van der Waals surface area contributed by atoms with Crippen LogP contribution in [0.1, 0.15) is 5.56 Å². The Morgan fingerprint density at radius 3 is 2.46 bits per heavy atom. The molecule has 1 amide bonds. The number of aromatic nitrogens is 2. The number of para-hydroxylation sites is 1. The van der Waals surface area contributed by atoms with Crippen molar-refractivity contribution >= 4 is 17.0 Å². The fourth-order valence-electron chi connectivity index (χ4n) is 2.11. The Bertz CT molecular complexity index is 964. The van der Waals surface area contributed by atoms with Crippen LogP contribution in [0, 0.1) is 0 Å². The van der Waals surface area contributed by atoms with E-state index < -0.39 is 17.0 Å². The van der Waals surface area contributed by atoms with E-state index in [-0.39, 0.29) is 4.90 Å². The molecule has 0 radical (unpaired) electrons. The molecule has 1 heterocycles. The molecule has 4 nitrogen and oxygen atoms in total. The number of thioether (sulfide) groups is 1. The molecule has 0 N–H and O–H groups in total. The summed E-state index contributed by atoms with van der Waals surface area (Å²) in [5.41, 5.74) is 0.0456. The molecule has 0 bridgehead atoms. The van der Waals surface area contributed by atoms with E-state index in [0.717, 1.165) is 17.8 Å². The lowest BCUT2D eigenvalue weighted by molar-refractivity contribution is -0.137. The van der Waals surface area contributed by atoms with Gasteiger partial charge in [-0.25, -0.2) is 9.67 Å². The average Bonchev–Trinajstić information content (AvgIpc) is 2.62. The van der Waals surface area contributed by atoms with Gasteiger partial charge in [0.2, 0.25) is 0 Å². The van der Waals surface area contributed by atoms with Crippen molar-refractivity contribution in [2.75, 3.05) is 0 Å². The maximum atomic E-state index is 12.7. The number of amides is 1. The minimum atomic E-state index is -4.45. The van der Waals surface area contributed by atoms with Gasteiger partial charge in [0, 0.05) is 11.1 Å². The van der Waals surface area contributed by atoms with E-state index >= 15 is 0 Å². The zero-order valence-electron chi connectivity index (χ0n) is 13.2. The van der Waals surface area contributed by atoms with E-state index in [1.54, 1.807) is 16.9 Å². The van der Waals surface area contributed by atoms with Crippen molar-refractivity contribution in [2.45, 2.75) is 11.1 Å².